The molecule has 24 heavy (non-hydrogen) atoms. The van der Waals surface area contributed by atoms with E-state index in [1.54, 1.807) is 0 Å². The largest absolute Gasteiger partial charge is 0.505 e. The van der Waals surface area contributed by atoms with E-state index < -0.39 is 0 Å². The van der Waals surface area contributed by atoms with Crippen LogP contribution in [-0.4, -0.2) is 5.11 Å². The Kier molecular flexibility index (Phi) is 4.98. The molecule has 0 bridgehead atoms. The second-order valence-corrected chi connectivity index (χ2v) is 8.56. The molecule has 0 aliphatic heterocycles. The third-order valence-electron chi connectivity index (χ3n) is 4.45. The smallest absolute Gasteiger partial charge is 0.142 e. The summed E-state index contributed by atoms with van der Waals surface area (Å²) in [7, 11) is 0. The first kappa shape index (κ1) is 18.4. The molecule has 0 aliphatic rings. The summed E-state index contributed by atoms with van der Waals surface area (Å²) < 4.78 is 0. The Hall–Kier alpha value is -1.96. The lowest BCUT2D eigenvalue weighted by atomic mass is 9.79. The van der Waals surface area contributed by atoms with Gasteiger partial charge in [-0.25, -0.2) is 0 Å². The van der Waals surface area contributed by atoms with Gasteiger partial charge in [0.15, 0.2) is 0 Å². The van der Waals surface area contributed by atoms with Gasteiger partial charge in [0.25, 0.3) is 0 Å². The van der Waals surface area contributed by atoms with E-state index in [9.17, 15) is 5.11 Å². The molecule has 2 rings (SSSR count). The number of benzene rings is 2. The predicted octanol–water partition coefficient (Wildman–Crippen LogP) is 6.29. The number of hydrogen-bond donors (Lipinski definition) is 2. The van der Waals surface area contributed by atoms with Crippen molar-refractivity contribution in [3.05, 3.63) is 53.1 Å². The Morgan fingerprint density at radius 3 is 2.04 bits per heavy atom. The van der Waals surface area contributed by atoms with Crippen LogP contribution < -0.4 is 5.32 Å². The van der Waals surface area contributed by atoms with Gasteiger partial charge in [0.1, 0.15) is 5.75 Å². The van der Waals surface area contributed by atoms with Crippen molar-refractivity contribution in [2.45, 2.75) is 65.7 Å². The summed E-state index contributed by atoms with van der Waals surface area (Å²) in [4.78, 5) is 0. The topological polar surface area (TPSA) is 32.3 Å². The lowest BCUT2D eigenvalue weighted by Crippen LogP contribution is -2.17. The fraction of sp³-hybridized carbons (Fsp3) is 0.455. The molecule has 2 aromatic rings. The van der Waals surface area contributed by atoms with Gasteiger partial charge in [0.05, 0.1) is 5.69 Å². The molecule has 0 saturated carbocycles. The van der Waals surface area contributed by atoms with Gasteiger partial charge in [-0.2, -0.15) is 0 Å². The predicted molar refractivity (Wildman–Crippen MR) is 105 cm³/mol. The average molecular weight is 325 g/mol. The maximum absolute atomic E-state index is 10.9. The zero-order chi connectivity index (χ0) is 18.1. The second-order valence-electron chi connectivity index (χ2n) is 8.56. The fourth-order valence-corrected chi connectivity index (χ4v) is 2.83. The molecule has 0 fully saturated rings. The highest BCUT2D eigenvalue weighted by molar-refractivity contribution is 5.71. The third-order valence-corrected chi connectivity index (χ3v) is 4.45. The van der Waals surface area contributed by atoms with Crippen LogP contribution in [0.15, 0.2) is 36.4 Å². The van der Waals surface area contributed by atoms with Crippen molar-refractivity contribution in [3.63, 3.8) is 0 Å². The summed E-state index contributed by atoms with van der Waals surface area (Å²) in [5.41, 5.74) is 5.19. The van der Waals surface area contributed by atoms with Crippen LogP contribution >= 0.6 is 0 Å². The number of para-hydroxylation sites is 1. The number of phenols is 1. The van der Waals surface area contributed by atoms with Gasteiger partial charge in [-0.1, -0.05) is 72.7 Å². The number of anilines is 2. The summed E-state index contributed by atoms with van der Waals surface area (Å²) in [6.45, 7) is 15.2. The SMILES string of the molecule is CCc1ccccc1Nc1cc(C(C)(C)C)cc(C(C)(C)C)c1O. The molecule has 2 heteroatoms. The molecule has 130 valence electrons. The molecule has 0 heterocycles. The van der Waals surface area contributed by atoms with Crippen molar-refractivity contribution in [1.29, 1.82) is 0 Å². The van der Waals surface area contributed by atoms with Crippen LogP contribution in [0.4, 0.5) is 11.4 Å². The summed E-state index contributed by atoms with van der Waals surface area (Å²) in [6.07, 6.45) is 0.953. The first-order valence-electron chi connectivity index (χ1n) is 8.77. The van der Waals surface area contributed by atoms with E-state index in [4.69, 9.17) is 0 Å². The summed E-state index contributed by atoms with van der Waals surface area (Å²) in [6, 6.07) is 12.5. The molecule has 0 spiro atoms. The van der Waals surface area contributed by atoms with Crippen LogP contribution in [0.3, 0.4) is 0 Å². The zero-order valence-electron chi connectivity index (χ0n) is 16.1. The first-order valence-corrected chi connectivity index (χ1v) is 8.77. The van der Waals surface area contributed by atoms with Crippen molar-refractivity contribution in [1.82, 2.24) is 0 Å². The summed E-state index contributed by atoms with van der Waals surface area (Å²) in [5, 5.41) is 14.3. The standard InChI is InChI=1S/C22H31NO/c1-8-15-11-9-10-12-18(15)23-19-14-16(21(2,3)4)13-17(20(19)24)22(5,6)7/h9-14,23-24H,8H2,1-7H3. The number of phenolic OH excluding ortho intramolecular Hbond substituents is 1. The average Bonchev–Trinajstić information content (AvgIpc) is 2.47. The van der Waals surface area contributed by atoms with E-state index in [1.165, 1.54) is 11.1 Å². The van der Waals surface area contributed by atoms with Crippen molar-refractivity contribution in [2.75, 3.05) is 5.32 Å². The Labute approximate surface area is 146 Å². The molecule has 2 aromatic carbocycles. The molecule has 0 radical (unpaired) electrons. The fourth-order valence-electron chi connectivity index (χ4n) is 2.83. The highest BCUT2D eigenvalue weighted by atomic mass is 16.3. The van der Waals surface area contributed by atoms with E-state index in [1.807, 2.05) is 6.07 Å². The van der Waals surface area contributed by atoms with Crippen LogP contribution in [0.5, 0.6) is 5.75 Å². The molecule has 2 nitrogen and oxygen atoms in total. The normalized spacial score (nSPS) is 12.3. The molecular weight excluding hydrogens is 294 g/mol. The summed E-state index contributed by atoms with van der Waals surface area (Å²) in [5.74, 6) is 0.349. The van der Waals surface area contributed by atoms with E-state index in [-0.39, 0.29) is 10.8 Å². The van der Waals surface area contributed by atoms with Gasteiger partial charge in [-0.05, 0) is 40.5 Å². The van der Waals surface area contributed by atoms with Crippen molar-refractivity contribution >= 4 is 11.4 Å². The molecule has 0 aliphatic carbocycles. The Balaban J connectivity index is 2.60. The van der Waals surface area contributed by atoms with Gasteiger partial charge >= 0.3 is 0 Å². The Morgan fingerprint density at radius 2 is 1.50 bits per heavy atom. The Morgan fingerprint density at radius 1 is 0.875 bits per heavy atom. The van der Waals surface area contributed by atoms with Gasteiger partial charge in [0, 0.05) is 11.3 Å². The minimum Gasteiger partial charge on any atom is -0.505 e. The van der Waals surface area contributed by atoms with Gasteiger partial charge in [-0.3, -0.25) is 0 Å². The molecular formula is C22H31NO. The van der Waals surface area contributed by atoms with Crippen LogP contribution in [0.1, 0.15) is 65.2 Å². The molecule has 0 unspecified atom stereocenters. The van der Waals surface area contributed by atoms with Crippen LogP contribution in [0, 0.1) is 0 Å². The van der Waals surface area contributed by atoms with Crippen LogP contribution in [-0.2, 0) is 17.3 Å². The molecule has 0 saturated heterocycles. The third kappa shape index (κ3) is 3.92. The quantitative estimate of drug-likeness (QED) is 0.650. The van der Waals surface area contributed by atoms with Gasteiger partial charge in [-0.15, -0.1) is 0 Å². The van der Waals surface area contributed by atoms with Crippen LogP contribution in [0.25, 0.3) is 0 Å². The summed E-state index contributed by atoms with van der Waals surface area (Å²) >= 11 is 0. The number of rotatable bonds is 3. The molecule has 0 aromatic heterocycles. The van der Waals surface area contributed by atoms with Crippen molar-refractivity contribution in [3.8, 4) is 5.75 Å². The molecule has 2 N–H and O–H groups in total. The van der Waals surface area contributed by atoms with Gasteiger partial charge in [0.2, 0.25) is 0 Å². The lowest BCUT2D eigenvalue weighted by molar-refractivity contribution is 0.447. The highest BCUT2D eigenvalue weighted by Crippen LogP contribution is 2.41. The van der Waals surface area contributed by atoms with Crippen molar-refractivity contribution in [2.24, 2.45) is 0 Å². The lowest BCUT2D eigenvalue weighted by Gasteiger charge is -2.28. The minimum absolute atomic E-state index is 0.0222. The minimum atomic E-state index is -0.119. The number of nitrogens with one attached hydrogen (secondary N) is 1. The molecule has 0 atom stereocenters. The number of aromatic hydroxyl groups is 1. The Bertz CT molecular complexity index is 718. The van der Waals surface area contributed by atoms with E-state index in [0.717, 1.165) is 23.4 Å². The number of hydrogen-bond acceptors (Lipinski definition) is 2. The monoisotopic (exact) mass is 325 g/mol. The second kappa shape index (κ2) is 6.51. The molecule has 0 amide bonds. The van der Waals surface area contributed by atoms with Crippen LogP contribution in [0.2, 0.25) is 0 Å². The number of aryl methyl sites for hydroxylation is 1. The maximum Gasteiger partial charge on any atom is 0.142 e. The maximum atomic E-state index is 10.9. The first-order chi connectivity index (χ1) is 11.0. The van der Waals surface area contributed by atoms with E-state index in [0.29, 0.717) is 5.75 Å². The van der Waals surface area contributed by atoms with E-state index >= 15 is 0 Å². The van der Waals surface area contributed by atoms with Crippen molar-refractivity contribution < 1.29 is 5.11 Å². The van der Waals surface area contributed by atoms with Gasteiger partial charge < -0.3 is 10.4 Å². The highest BCUT2D eigenvalue weighted by Gasteiger charge is 2.25. The van der Waals surface area contributed by atoms with E-state index in [2.05, 4.69) is 84.1 Å². The zero-order valence-corrected chi connectivity index (χ0v) is 16.1.